The third kappa shape index (κ3) is 2.74. The van der Waals surface area contributed by atoms with Crippen molar-refractivity contribution in [2.24, 2.45) is 0 Å². The van der Waals surface area contributed by atoms with Crippen LogP contribution < -0.4 is 4.74 Å². The highest BCUT2D eigenvalue weighted by molar-refractivity contribution is 9.09. The summed E-state index contributed by atoms with van der Waals surface area (Å²) in [5.41, 5.74) is 6.84. The number of benzene rings is 2. The monoisotopic (exact) mass is 344 g/mol. The van der Waals surface area contributed by atoms with Crippen molar-refractivity contribution in [3.8, 4) is 5.75 Å². The van der Waals surface area contributed by atoms with E-state index in [1.54, 1.807) is 0 Å². The summed E-state index contributed by atoms with van der Waals surface area (Å²) in [6.07, 6.45) is 1.06. The molecule has 1 aliphatic rings. The predicted octanol–water partition coefficient (Wildman–Crippen LogP) is 5.61. The quantitative estimate of drug-likeness (QED) is 0.643. The fraction of sp³-hybridized carbons (Fsp3) is 0.368. The van der Waals surface area contributed by atoms with Crippen LogP contribution in [0.5, 0.6) is 5.75 Å². The molecule has 2 unspecified atom stereocenters. The fourth-order valence-corrected chi connectivity index (χ4v) is 4.77. The third-order valence-corrected chi connectivity index (χ3v) is 5.47. The molecule has 0 amide bonds. The molecule has 1 nitrogen and oxygen atoms in total. The number of halogens is 1. The van der Waals surface area contributed by atoms with Gasteiger partial charge in [0.15, 0.2) is 0 Å². The lowest BCUT2D eigenvalue weighted by molar-refractivity contribution is 0.266. The van der Waals surface area contributed by atoms with Crippen LogP contribution in [0.15, 0.2) is 36.4 Å². The molecule has 2 aromatic rings. The smallest absolute Gasteiger partial charge is 0.122 e. The minimum absolute atomic E-state index is 0.336. The SMILES string of the molecule is Cc1cc(C)c(C(Br)C2CCOc3ccccc32)c(C)c1. The highest BCUT2D eigenvalue weighted by Crippen LogP contribution is 2.47. The first-order valence-corrected chi connectivity index (χ1v) is 8.43. The zero-order chi connectivity index (χ0) is 15.0. The second-order valence-electron chi connectivity index (χ2n) is 6.00. The van der Waals surface area contributed by atoms with Crippen LogP contribution in [0, 0.1) is 20.8 Å². The summed E-state index contributed by atoms with van der Waals surface area (Å²) in [5.74, 6) is 1.51. The molecular weight excluding hydrogens is 324 g/mol. The lowest BCUT2D eigenvalue weighted by Crippen LogP contribution is -2.18. The van der Waals surface area contributed by atoms with Crippen molar-refractivity contribution in [3.63, 3.8) is 0 Å². The summed E-state index contributed by atoms with van der Waals surface area (Å²) < 4.78 is 5.80. The highest BCUT2D eigenvalue weighted by Gasteiger charge is 2.29. The molecule has 0 bridgehead atoms. The second kappa shape index (κ2) is 5.84. The molecule has 2 atom stereocenters. The Bertz CT molecular complexity index is 639. The molecule has 0 aliphatic carbocycles. The van der Waals surface area contributed by atoms with Crippen molar-refractivity contribution in [2.45, 2.75) is 37.9 Å². The summed E-state index contributed by atoms with van der Waals surface area (Å²) in [5, 5.41) is 0. The van der Waals surface area contributed by atoms with Crippen molar-refractivity contribution in [2.75, 3.05) is 6.61 Å². The number of ether oxygens (including phenoxy) is 1. The molecule has 0 spiro atoms. The van der Waals surface area contributed by atoms with Gasteiger partial charge in [0.05, 0.1) is 6.61 Å². The van der Waals surface area contributed by atoms with Crippen LogP contribution in [0.4, 0.5) is 0 Å². The van der Waals surface area contributed by atoms with Crippen molar-refractivity contribution in [3.05, 3.63) is 64.2 Å². The van der Waals surface area contributed by atoms with Crippen LogP contribution in [0.2, 0.25) is 0 Å². The average molecular weight is 345 g/mol. The Morgan fingerprint density at radius 3 is 2.48 bits per heavy atom. The van der Waals surface area contributed by atoms with E-state index in [1.165, 1.54) is 27.8 Å². The Labute approximate surface area is 135 Å². The fourth-order valence-electron chi connectivity index (χ4n) is 3.50. The van der Waals surface area contributed by atoms with Gasteiger partial charge < -0.3 is 4.74 Å². The van der Waals surface area contributed by atoms with E-state index in [2.05, 4.69) is 67.0 Å². The number of hydrogen-bond donors (Lipinski definition) is 0. The van der Waals surface area contributed by atoms with E-state index in [9.17, 15) is 0 Å². The molecule has 110 valence electrons. The summed E-state index contributed by atoms with van der Waals surface area (Å²) in [7, 11) is 0. The maximum atomic E-state index is 5.80. The van der Waals surface area contributed by atoms with Crippen LogP contribution in [0.25, 0.3) is 0 Å². The second-order valence-corrected chi connectivity index (χ2v) is 6.98. The normalized spacial score (nSPS) is 18.8. The summed E-state index contributed by atoms with van der Waals surface area (Å²) >= 11 is 3.99. The summed E-state index contributed by atoms with van der Waals surface area (Å²) in [4.78, 5) is 0.336. The minimum atomic E-state index is 0.336. The van der Waals surface area contributed by atoms with Crippen LogP contribution in [0.1, 0.15) is 45.0 Å². The lowest BCUT2D eigenvalue weighted by Gasteiger charge is -2.31. The van der Waals surface area contributed by atoms with E-state index >= 15 is 0 Å². The van der Waals surface area contributed by atoms with Gasteiger partial charge in [0.2, 0.25) is 0 Å². The van der Waals surface area contributed by atoms with Gasteiger partial charge in [-0.1, -0.05) is 51.8 Å². The van der Waals surface area contributed by atoms with Crippen LogP contribution in [0.3, 0.4) is 0 Å². The molecule has 1 heterocycles. The Balaban J connectivity index is 2.03. The maximum Gasteiger partial charge on any atom is 0.122 e. The van der Waals surface area contributed by atoms with Crippen molar-refractivity contribution >= 4 is 15.9 Å². The largest absolute Gasteiger partial charge is 0.493 e. The van der Waals surface area contributed by atoms with Gasteiger partial charge >= 0.3 is 0 Å². The zero-order valence-corrected chi connectivity index (χ0v) is 14.4. The zero-order valence-electron chi connectivity index (χ0n) is 12.8. The number of rotatable bonds is 2. The minimum Gasteiger partial charge on any atom is -0.493 e. The van der Waals surface area contributed by atoms with E-state index < -0.39 is 0 Å². The third-order valence-electron chi connectivity index (χ3n) is 4.37. The lowest BCUT2D eigenvalue weighted by atomic mass is 9.84. The van der Waals surface area contributed by atoms with E-state index in [4.69, 9.17) is 4.74 Å². The number of hydrogen-bond acceptors (Lipinski definition) is 1. The van der Waals surface area contributed by atoms with Gasteiger partial charge in [0.25, 0.3) is 0 Å². The van der Waals surface area contributed by atoms with Gasteiger partial charge in [-0.2, -0.15) is 0 Å². The van der Waals surface area contributed by atoms with E-state index in [-0.39, 0.29) is 0 Å². The molecule has 0 radical (unpaired) electrons. The van der Waals surface area contributed by atoms with E-state index in [1.807, 2.05) is 6.07 Å². The molecule has 3 rings (SSSR count). The molecule has 0 saturated heterocycles. The van der Waals surface area contributed by atoms with Gasteiger partial charge in [0, 0.05) is 10.7 Å². The summed E-state index contributed by atoms with van der Waals surface area (Å²) in [6.45, 7) is 7.40. The Morgan fingerprint density at radius 2 is 1.76 bits per heavy atom. The molecule has 0 saturated carbocycles. The summed E-state index contributed by atoms with van der Waals surface area (Å²) in [6, 6.07) is 13.0. The first-order chi connectivity index (χ1) is 10.1. The van der Waals surface area contributed by atoms with Gasteiger partial charge in [-0.25, -0.2) is 0 Å². The number of fused-ring (bicyclic) bond motifs is 1. The molecule has 21 heavy (non-hydrogen) atoms. The van der Waals surface area contributed by atoms with E-state index in [0.29, 0.717) is 10.7 Å². The molecule has 2 heteroatoms. The van der Waals surface area contributed by atoms with Crippen molar-refractivity contribution in [1.82, 2.24) is 0 Å². The Hall–Kier alpha value is -1.28. The van der Waals surface area contributed by atoms with Crippen LogP contribution in [-0.4, -0.2) is 6.61 Å². The first kappa shape index (κ1) is 14.6. The first-order valence-electron chi connectivity index (χ1n) is 7.51. The van der Waals surface area contributed by atoms with Gasteiger partial charge in [-0.15, -0.1) is 0 Å². The van der Waals surface area contributed by atoms with Crippen molar-refractivity contribution < 1.29 is 4.74 Å². The maximum absolute atomic E-state index is 5.80. The van der Waals surface area contributed by atoms with E-state index in [0.717, 1.165) is 18.8 Å². The van der Waals surface area contributed by atoms with Crippen LogP contribution in [-0.2, 0) is 0 Å². The topological polar surface area (TPSA) is 9.23 Å². The van der Waals surface area contributed by atoms with Crippen LogP contribution >= 0.6 is 15.9 Å². The molecule has 2 aromatic carbocycles. The molecular formula is C19H21BrO. The molecule has 0 aromatic heterocycles. The number of alkyl halides is 1. The number of aryl methyl sites for hydroxylation is 3. The number of para-hydroxylation sites is 1. The standard InChI is InChI=1S/C19H21BrO/c1-12-10-13(2)18(14(3)11-12)19(20)16-8-9-21-17-7-5-4-6-15(16)17/h4-7,10-11,16,19H,8-9H2,1-3H3. The molecule has 0 N–H and O–H groups in total. The van der Waals surface area contributed by atoms with Gasteiger partial charge in [0.1, 0.15) is 5.75 Å². The van der Waals surface area contributed by atoms with Crippen molar-refractivity contribution in [1.29, 1.82) is 0 Å². The Kier molecular flexibility index (Phi) is 4.08. The van der Waals surface area contributed by atoms with Gasteiger partial charge in [-0.05, 0) is 55.5 Å². The average Bonchev–Trinajstić information content (AvgIpc) is 2.45. The molecule has 0 fully saturated rings. The highest BCUT2D eigenvalue weighted by atomic mass is 79.9. The Morgan fingerprint density at radius 1 is 1.10 bits per heavy atom. The predicted molar refractivity (Wildman–Crippen MR) is 91.6 cm³/mol. The van der Waals surface area contributed by atoms with Gasteiger partial charge in [-0.3, -0.25) is 0 Å². The molecule has 1 aliphatic heterocycles.